The first kappa shape index (κ1) is 21.8. The molecule has 32 heavy (non-hydrogen) atoms. The first-order valence-electron chi connectivity index (χ1n) is 10.5. The maximum absolute atomic E-state index is 12.8. The maximum atomic E-state index is 12.8. The van der Waals surface area contributed by atoms with Crippen molar-refractivity contribution in [1.82, 2.24) is 15.6 Å². The number of hydrogen-bond donors (Lipinski definition) is 2. The highest BCUT2D eigenvalue weighted by molar-refractivity contribution is 7.21. The number of benzene rings is 2. The average molecular weight is 448 g/mol. The van der Waals surface area contributed by atoms with E-state index in [1.54, 1.807) is 17.4 Å². The van der Waals surface area contributed by atoms with Crippen LogP contribution in [0.2, 0.25) is 0 Å². The topological polar surface area (TPSA) is 84.2 Å². The number of para-hydroxylation sites is 1. The van der Waals surface area contributed by atoms with Gasteiger partial charge in [-0.15, -0.1) is 11.3 Å². The van der Waals surface area contributed by atoms with Crippen molar-refractivity contribution in [2.75, 3.05) is 0 Å². The summed E-state index contributed by atoms with van der Waals surface area (Å²) in [7, 11) is 0. The second-order valence-corrected chi connectivity index (χ2v) is 9.01. The van der Waals surface area contributed by atoms with Crippen LogP contribution < -0.4 is 10.6 Å². The van der Waals surface area contributed by atoms with Gasteiger partial charge < -0.3 is 15.1 Å². The van der Waals surface area contributed by atoms with Crippen LogP contribution in [0, 0.1) is 12.8 Å². The van der Waals surface area contributed by atoms with Crippen LogP contribution in [-0.4, -0.2) is 22.8 Å². The SMILES string of the molecule is Cc1ccccc1C(=O)N[C@H](C(=O)NCc1ccc(-c2nc3ccccc3s2)o1)C(C)C. The number of furan rings is 1. The van der Waals surface area contributed by atoms with Gasteiger partial charge in [-0.2, -0.15) is 0 Å². The summed E-state index contributed by atoms with van der Waals surface area (Å²) in [6.07, 6.45) is 0. The molecule has 2 N–H and O–H groups in total. The third kappa shape index (κ3) is 4.73. The smallest absolute Gasteiger partial charge is 0.252 e. The highest BCUT2D eigenvalue weighted by Crippen LogP contribution is 2.31. The Hall–Kier alpha value is -3.45. The van der Waals surface area contributed by atoms with E-state index < -0.39 is 6.04 Å². The van der Waals surface area contributed by atoms with Crippen LogP contribution in [0.3, 0.4) is 0 Å². The van der Waals surface area contributed by atoms with E-state index in [1.165, 1.54) is 0 Å². The lowest BCUT2D eigenvalue weighted by Crippen LogP contribution is -2.49. The van der Waals surface area contributed by atoms with Crippen molar-refractivity contribution in [3.05, 3.63) is 77.6 Å². The largest absolute Gasteiger partial charge is 0.457 e. The molecule has 7 heteroatoms. The number of aromatic nitrogens is 1. The minimum absolute atomic E-state index is 0.0714. The third-order valence-corrected chi connectivity index (χ3v) is 6.28. The molecule has 0 saturated heterocycles. The first-order valence-corrected chi connectivity index (χ1v) is 11.3. The zero-order valence-corrected chi connectivity index (χ0v) is 19.0. The molecule has 2 heterocycles. The Bertz CT molecular complexity index is 1230. The Morgan fingerprint density at radius 2 is 1.78 bits per heavy atom. The van der Waals surface area contributed by atoms with Gasteiger partial charge in [0.15, 0.2) is 10.8 Å². The molecule has 1 atom stereocenters. The van der Waals surface area contributed by atoms with Crippen LogP contribution in [-0.2, 0) is 11.3 Å². The molecule has 0 aliphatic carbocycles. The van der Waals surface area contributed by atoms with Crippen molar-refractivity contribution in [3.8, 4) is 10.8 Å². The second kappa shape index (κ2) is 9.36. The van der Waals surface area contributed by atoms with E-state index >= 15 is 0 Å². The molecule has 2 aromatic carbocycles. The lowest BCUT2D eigenvalue weighted by Gasteiger charge is -2.22. The number of aryl methyl sites for hydroxylation is 1. The molecule has 4 rings (SSSR count). The Balaban J connectivity index is 1.40. The normalized spacial score (nSPS) is 12.1. The zero-order valence-electron chi connectivity index (χ0n) is 18.2. The van der Waals surface area contributed by atoms with Gasteiger partial charge in [0.1, 0.15) is 11.8 Å². The molecule has 0 spiro atoms. The average Bonchev–Trinajstić information content (AvgIpc) is 3.42. The van der Waals surface area contributed by atoms with Crippen molar-refractivity contribution in [2.45, 2.75) is 33.4 Å². The Kier molecular flexibility index (Phi) is 6.37. The van der Waals surface area contributed by atoms with E-state index in [-0.39, 0.29) is 24.3 Å². The monoisotopic (exact) mass is 447 g/mol. The summed E-state index contributed by atoms with van der Waals surface area (Å²) >= 11 is 1.56. The van der Waals surface area contributed by atoms with Crippen LogP contribution in [0.25, 0.3) is 21.0 Å². The standard InChI is InChI=1S/C25H25N3O3S/c1-15(2)22(28-23(29)18-9-5-4-8-16(18)3)24(30)26-14-17-12-13-20(31-17)25-27-19-10-6-7-11-21(19)32-25/h4-13,15,22H,14H2,1-3H3,(H,26,30)(H,28,29)/t22-/m0/s1. The fraction of sp³-hybridized carbons (Fsp3) is 0.240. The van der Waals surface area contributed by atoms with Gasteiger partial charge in [-0.1, -0.05) is 44.2 Å². The number of carbonyl (C=O) groups is 2. The van der Waals surface area contributed by atoms with Gasteiger partial charge in [0.25, 0.3) is 5.91 Å². The highest BCUT2D eigenvalue weighted by atomic mass is 32.1. The molecule has 0 saturated carbocycles. The minimum Gasteiger partial charge on any atom is -0.457 e. The van der Waals surface area contributed by atoms with Gasteiger partial charge in [0.05, 0.1) is 16.8 Å². The molecule has 2 amide bonds. The summed E-state index contributed by atoms with van der Waals surface area (Å²) in [5.74, 6) is 0.717. The molecule has 164 valence electrons. The number of rotatable bonds is 7. The van der Waals surface area contributed by atoms with Gasteiger partial charge in [0, 0.05) is 5.56 Å². The lowest BCUT2D eigenvalue weighted by molar-refractivity contribution is -0.124. The van der Waals surface area contributed by atoms with Gasteiger partial charge in [-0.25, -0.2) is 4.98 Å². The fourth-order valence-electron chi connectivity index (χ4n) is 3.43. The Morgan fingerprint density at radius 1 is 1.03 bits per heavy atom. The molecule has 0 fully saturated rings. The number of nitrogens with zero attached hydrogens (tertiary/aromatic N) is 1. The quantitative estimate of drug-likeness (QED) is 0.420. The summed E-state index contributed by atoms with van der Waals surface area (Å²) in [5, 5.41) is 6.54. The summed E-state index contributed by atoms with van der Waals surface area (Å²) < 4.78 is 7.00. The Labute approximate surface area is 190 Å². The molecule has 0 bridgehead atoms. The number of amides is 2. The van der Waals surface area contributed by atoms with Gasteiger partial charge >= 0.3 is 0 Å². The van der Waals surface area contributed by atoms with E-state index in [0.29, 0.717) is 17.1 Å². The van der Waals surface area contributed by atoms with E-state index in [2.05, 4.69) is 15.6 Å². The molecular formula is C25H25N3O3S. The van der Waals surface area contributed by atoms with Crippen LogP contribution in [0.4, 0.5) is 0 Å². The first-order chi connectivity index (χ1) is 15.4. The summed E-state index contributed by atoms with van der Waals surface area (Å²) in [5.41, 5.74) is 2.37. The molecule has 4 aromatic rings. The van der Waals surface area contributed by atoms with E-state index in [4.69, 9.17) is 4.42 Å². The Morgan fingerprint density at radius 3 is 2.53 bits per heavy atom. The summed E-state index contributed by atoms with van der Waals surface area (Å²) in [6.45, 7) is 5.91. The van der Waals surface area contributed by atoms with Crippen LogP contribution in [0.15, 0.2) is 65.1 Å². The molecule has 0 aliphatic rings. The van der Waals surface area contributed by atoms with Crippen LogP contribution in [0.5, 0.6) is 0 Å². The molecule has 0 unspecified atom stereocenters. The molecule has 6 nitrogen and oxygen atoms in total. The van der Waals surface area contributed by atoms with Crippen molar-refractivity contribution >= 4 is 33.4 Å². The third-order valence-electron chi connectivity index (χ3n) is 5.23. The molecule has 0 aliphatic heterocycles. The van der Waals surface area contributed by atoms with E-state index in [1.807, 2.05) is 75.4 Å². The van der Waals surface area contributed by atoms with Gasteiger partial charge in [0.2, 0.25) is 5.91 Å². The van der Waals surface area contributed by atoms with Gasteiger partial charge in [-0.05, 0) is 48.7 Å². The van der Waals surface area contributed by atoms with Gasteiger partial charge in [-0.3, -0.25) is 9.59 Å². The van der Waals surface area contributed by atoms with Crippen LogP contribution in [0.1, 0.15) is 35.5 Å². The van der Waals surface area contributed by atoms with Crippen LogP contribution >= 0.6 is 11.3 Å². The predicted molar refractivity (Wildman–Crippen MR) is 126 cm³/mol. The van der Waals surface area contributed by atoms with E-state index in [0.717, 1.165) is 20.8 Å². The maximum Gasteiger partial charge on any atom is 0.252 e. The van der Waals surface area contributed by atoms with Crippen molar-refractivity contribution in [3.63, 3.8) is 0 Å². The van der Waals surface area contributed by atoms with Crippen molar-refractivity contribution in [2.24, 2.45) is 5.92 Å². The number of nitrogens with one attached hydrogen (secondary N) is 2. The summed E-state index contributed by atoms with van der Waals surface area (Å²) in [6, 6.07) is 18.3. The predicted octanol–water partition coefficient (Wildman–Crippen LogP) is 4.94. The molecular weight excluding hydrogens is 422 g/mol. The lowest BCUT2D eigenvalue weighted by atomic mass is 10.0. The summed E-state index contributed by atoms with van der Waals surface area (Å²) in [4.78, 5) is 30.1. The van der Waals surface area contributed by atoms with Crippen molar-refractivity contribution in [1.29, 1.82) is 0 Å². The van der Waals surface area contributed by atoms with Crippen molar-refractivity contribution < 1.29 is 14.0 Å². The van der Waals surface area contributed by atoms with E-state index in [9.17, 15) is 9.59 Å². The number of thiazole rings is 1. The minimum atomic E-state index is -0.652. The number of carbonyl (C=O) groups excluding carboxylic acids is 2. The zero-order chi connectivity index (χ0) is 22.7. The molecule has 0 radical (unpaired) electrons. The number of fused-ring (bicyclic) bond motifs is 1. The number of hydrogen-bond acceptors (Lipinski definition) is 5. The molecule has 2 aromatic heterocycles. The highest BCUT2D eigenvalue weighted by Gasteiger charge is 2.25. The fourth-order valence-corrected chi connectivity index (χ4v) is 4.36. The second-order valence-electron chi connectivity index (χ2n) is 7.98.